The zero-order valence-corrected chi connectivity index (χ0v) is 23.6. The molecule has 3 aliphatic carbocycles. The number of alkyl halides is 1. The second kappa shape index (κ2) is 9.20. The molecule has 1 aliphatic heterocycles. The predicted octanol–water partition coefficient (Wildman–Crippen LogP) is 8.40. The number of hydrogen-bond donors (Lipinski definition) is 1. The van der Waals surface area contributed by atoms with Crippen molar-refractivity contribution in [1.82, 2.24) is 0 Å². The molecule has 4 aromatic carbocycles. The second-order valence-electron chi connectivity index (χ2n) is 11.5. The molecule has 4 aliphatic rings. The summed E-state index contributed by atoms with van der Waals surface area (Å²) < 4.78 is 25.8. The van der Waals surface area contributed by atoms with E-state index in [9.17, 15) is 8.42 Å². The Morgan fingerprint density at radius 2 is 1.63 bits per heavy atom. The maximum absolute atomic E-state index is 11.2. The second-order valence-corrected chi connectivity index (χ2v) is 14.2. The Hall–Kier alpha value is -2.70. The molecule has 4 aromatic rings. The Morgan fingerprint density at radius 1 is 0.868 bits per heavy atom. The van der Waals surface area contributed by atoms with E-state index in [4.69, 9.17) is 0 Å². The molecule has 0 amide bonds. The molecule has 6 heteroatoms. The number of fused-ring (bicyclic) bond motifs is 8. The third-order valence-corrected chi connectivity index (χ3v) is 11.8. The van der Waals surface area contributed by atoms with Crippen LogP contribution in [0, 0.1) is 17.3 Å². The topological polar surface area (TPSA) is 58.5 Å². The molecule has 0 radical (unpaired) electrons. The van der Waals surface area contributed by atoms with Gasteiger partial charge in [-0.15, -0.1) is 4.40 Å². The highest BCUT2D eigenvalue weighted by Gasteiger charge is 2.50. The zero-order valence-electron chi connectivity index (χ0n) is 21.2. The van der Waals surface area contributed by atoms with Crippen LogP contribution in [0.15, 0.2) is 82.1 Å². The molecule has 38 heavy (non-hydrogen) atoms. The van der Waals surface area contributed by atoms with E-state index in [0.29, 0.717) is 15.9 Å². The van der Waals surface area contributed by atoms with Gasteiger partial charge in [0.05, 0.1) is 5.69 Å². The summed E-state index contributed by atoms with van der Waals surface area (Å²) in [6, 6.07) is 25.0. The van der Waals surface area contributed by atoms with E-state index in [0.717, 1.165) is 11.8 Å². The van der Waals surface area contributed by atoms with Crippen LogP contribution in [0.4, 0.5) is 5.69 Å². The van der Waals surface area contributed by atoms with Gasteiger partial charge >= 0.3 is 0 Å². The fraction of sp³-hybridized carbons (Fsp3) is 0.344. The lowest BCUT2D eigenvalue weighted by Crippen LogP contribution is -2.31. The van der Waals surface area contributed by atoms with Crippen molar-refractivity contribution >= 4 is 59.5 Å². The van der Waals surface area contributed by atoms with Gasteiger partial charge in [0, 0.05) is 4.83 Å². The van der Waals surface area contributed by atoms with Gasteiger partial charge in [0.15, 0.2) is 0 Å². The number of para-hydroxylation sites is 1. The largest absolute Gasteiger partial charge is 0.345 e. The van der Waals surface area contributed by atoms with Crippen LogP contribution in [0.25, 0.3) is 21.5 Å². The van der Waals surface area contributed by atoms with Crippen LogP contribution in [0.2, 0.25) is 0 Å². The smallest absolute Gasteiger partial charge is 0.285 e. The van der Waals surface area contributed by atoms with E-state index in [1.807, 2.05) is 0 Å². The van der Waals surface area contributed by atoms with E-state index in [2.05, 4.69) is 74.2 Å². The van der Waals surface area contributed by atoms with Crippen molar-refractivity contribution in [2.75, 3.05) is 5.32 Å². The van der Waals surface area contributed by atoms with Gasteiger partial charge in [-0.2, -0.15) is 8.42 Å². The van der Waals surface area contributed by atoms with Crippen LogP contribution in [-0.4, -0.2) is 14.8 Å². The highest BCUT2D eigenvalue weighted by Crippen LogP contribution is 2.62. The molecule has 0 aromatic heterocycles. The number of hydrogen-bond acceptors (Lipinski definition) is 3. The number of halogens is 1. The SMILES string of the molecule is BrC1CC(C23CCC(CC2)C3)Cc2c1ccc1c2ccc2ccccc21.O=S1(=O)N=CNc2ccccc21. The Bertz CT molecular complexity index is 1690. The minimum Gasteiger partial charge on any atom is -0.345 e. The maximum Gasteiger partial charge on any atom is 0.285 e. The molecule has 2 fully saturated rings. The molecular formula is C32H31BrN2O2S. The third kappa shape index (κ3) is 3.99. The molecule has 2 saturated carbocycles. The predicted molar refractivity (Wildman–Crippen MR) is 160 cm³/mol. The summed E-state index contributed by atoms with van der Waals surface area (Å²) in [6.45, 7) is 0. The maximum atomic E-state index is 11.2. The monoisotopic (exact) mass is 586 g/mol. The highest BCUT2D eigenvalue weighted by molar-refractivity contribution is 9.09. The van der Waals surface area contributed by atoms with Gasteiger partial charge in [0.1, 0.15) is 11.2 Å². The van der Waals surface area contributed by atoms with E-state index in [1.54, 1.807) is 29.3 Å². The van der Waals surface area contributed by atoms with Crippen molar-refractivity contribution in [1.29, 1.82) is 0 Å². The van der Waals surface area contributed by atoms with Gasteiger partial charge in [0.2, 0.25) is 0 Å². The summed E-state index contributed by atoms with van der Waals surface area (Å²) in [4.78, 5) is 0.758. The van der Waals surface area contributed by atoms with Crippen molar-refractivity contribution in [3.8, 4) is 0 Å². The van der Waals surface area contributed by atoms with Crippen LogP contribution in [0.3, 0.4) is 0 Å². The van der Waals surface area contributed by atoms with Gasteiger partial charge in [-0.3, -0.25) is 0 Å². The fourth-order valence-corrected chi connectivity index (χ4v) is 9.55. The number of rotatable bonds is 1. The van der Waals surface area contributed by atoms with Gasteiger partial charge < -0.3 is 5.32 Å². The third-order valence-electron chi connectivity index (χ3n) is 9.59. The van der Waals surface area contributed by atoms with Crippen molar-refractivity contribution in [3.05, 3.63) is 83.9 Å². The van der Waals surface area contributed by atoms with Gasteiger partial charge in [-0.05, 0) is 107 Å². The lowest BCUT2D eigenvalue weighted by Gasteiger charge is -2.41. The minimum absolute atomic E-state index is 0.229. The summed E-state index contributed by atoms with van der Waals surface area (Å²) in [5.74, 6) is 1.91. The molecule has 194 valence electrons. The number of nitrogens with one attached hydrogen (secondary N) is 1. The summed E-state index contributed by atoms with van der Waals surface area (Å²) in [5, 5.41) is 8.45. The van der Waals surface area contributed by atoms with Crippen LogP contribution in [0.1, 0.15) is 54.5 Å². The summed E-state index contributed by atoms with van der Waals surface area (Å²) >= 11 is 4.08. The first-order valence-corrected chi connectivity index (χ1v) is 16.0. The first-order valence-electron chi connectivity index (χ1n) is 13.7. The van der Waals surface area contributed by atoms with Crippen LogP contribution < -0.4 is 5.32 Å². The number of nitrogens with zero attached hydrogens (tertiary/aromatic N) is 1. The Labute approximate surface area is 232 Å². The van der Waals surface area contributed by atoms with Crippen molar-refractivity contribution in [2.24, 2.45) is 21.6 Å². The Morgan fingerprint density at radius 3 is 2.42 bits per heavy atom. The molecule has 1 heterocycles. The molecule has 0 spiro atoms. The lowest BCUT2D eigenvalue weighted by molar-refractivity contribution is 0.151. The van der Waals surface area contributed by atoms with Crippen LogP contribution in [0.5, 0.6) is 0 Å². The molecule has 4 nitrogen and oxygen atoms in total. The quantitative estimate of drug-likeness (QED) is 0.180. The average Bonchev–Trinajstić information content (AvgIpc) is 3.56. The lowest BCUT2D eigenvalue weighted by atomic mass is 9.65. The molecule has 8 rings (SSSR count). The van der Waals surface area contributed by atoms with E-state index < -0.39 is 10.0 Å². The molecular weight excluding hydrogens is 556 g/mol. The molecule has 2 bridgehead atoms. The first kappa shape index (κ1) is 24.3. The Balaban J connectivity index is 0.000000170. The normalized spacial score (nSPS) is 28.3. The van der Waals surface area contributed by atoms with Crippen molar-refractivity contribution in [3.63, 3.8) is 0 Å². The van der Waals surface area contributed by atoms with Gasteiger partial charge in [0.25, 0.3) is 10.0 Å². The summed E-state index contributed by atoms with van der Waals surface area (Å²) in [5.41, 5.74) is 4.42. The minimum atomic E-state index is -3.44. The Kier molecular flexibility index (Phi) is 5.89. The average molecular weight is 588 g/mol. The number of benzene rings is 4. The summed E-state index contributed by atoms with van der Waals surface area (Å²) in [7, 11) is -3.44. The molecule has 2 unspecified atom stereocenters. The standard InChI is InChI=1S/C25H25Br.C7H6N2O2S/c26-24-14-18(25-11-9-16(15-25)10-12-25)13-23-21-6-5-17-3-1-2-4-19(17)20(21)7-8-22(23)24;10-12(11)7-4-2-1-3-6(7)8-5-9-12/h1-8,16,18,24H,9-15H2;1-5H,(H,8,9). The van der Waals surface area contributed by atoms with E-state index in [1.165, 1.54) is 78.9 Å². The van der Waals surface area contributed by atoms with Crippen molar-refractivity contribution in [2.45, 2.75) is 54.7 Å². The molecule has 2 atom stereocenters. The van der Waals surface area contributed by atoms with Gasteiger partial charge in [-0.25, -0.2) is 0 Å². The van der Waals surface area contributed by atoms with Crippen LogP contribution in [-0.2, 0) is 16.4 Å². The van der Waals surface area contributed by atoms with Crippen molar-refractivity contribution < 1.29 is 8.42 Å². The summed E-state index contributed by atoms with van der Waals surface area (Å²) in [6.07, 6.45) is 11.3. The highest BCUT2D eigenvalue weighted by atomic mass is 79.9. The van der Waals surface area contributed by atoms with E-state index >= 15 is 0 Å². The first-order chi connectivity index (χ1) is 18.4. The zero-order chi connectivity index (χ0) is 25.9. The fourth-order valence-electron chi connectivity index (χ4n) is 7.71. The van der Waals surface area contributed by atoms with E-state index in [-0.39, 0.29) is 4.90 Å². The van der Waals surface area contributed by atoms with Crippen LogP contribution >= 0.6 is 15.9 Å². The number of anilines is 1. The molecule has 1 N–H and O–H groups in total. The van der Waals surface area contributed by atoms with Gasteiger partial charge in [-0.1, -0.05) is 76.6 Å². The number of sulfonamides is 1. The molecule has 0 saturated heterocycles.